The lowest BCUT2D eigenvalue weighted by molar-refractivity contribution is 0.182. The van der Waals surface area contributed by atoms with E-state index in [1.54, 1.807) is 11.8 Å². The van der Waals surface area contributed by atoms with Gasteiger partial charge in [0.1, 0.15) is 4.93 Å². The first-order valence-electron chi connectivity index (χ1n) is 3.08. The quantitative estimate of drug-likeness (QED) is 0.587. The lowest BCUT2D eigenvalue weighted by Gasteiger charge is -2.30. The fourth-order valence-corrected chi connectivity index (χ4v) is 3.69. The Balaban J connectivity index is 2.41. The number of hydrogen-bond acceptors (Lipinski definition) is 3. The lowest BCUT2D eigenvalue weighted by Crippen LogP contribution is -2.30. The highest BCUT2D eigenvalue weighted by molar-refractivity contribution is 8.07. The van der Waals surface area contributed by atoms with Crippen molar-refractivity contribution in [3.05, 3.63) is 0 Å². The zero-order chi connectivity index (χ0) is 6.91. The van der Waals surface area contributed by atoms with Gasteiger partial charge in [-0.25, -0.2) is 0 Å². The molecular formula is C6H12OS2. The third kappa shape index (κ3) is 2.40. The molecule has 1 rings (SSSR count). The summed E-state index contributed by atoms with van der Waals surface area (Å²) in [5, 5.41) is 10.1. The van der Waals surface area contributed by atoms with Crippen LogP contribution in [0.4, 0.5) is 0 Å². The van der Waals surface area contributed by atoms with Crippen LogP contribution in [-0.2, 0) is 0 Å². The third-order valence-corrected chi connectivity index (χ3v) is 4.29. The van der Waals surface area contributed by atoms with Crippen molar-refractivity contribution in [3.63, 3.8) is 0 Å². The van der Waals surface area contributed by atoms with Crippen LogP contribution < -0.4 is 0 Å². The third-order valence-electron chi connectivity index (χ3n) is 1.18. The van der Waals surface area contributed by atoms with Crippen LogP contribution in [0, 0.1) is 0 Å². The molecule has 1 saturated heterocycles. The Hall–Kier alpha value is 0.660. The molecule has 54 valence electrons. The molecule has 1 aliphatic rings. The van der Waals surface area contributed by atoms with Gasteiger partial charge in [0.05, 0.1) is 0 Å². The van der Waals surface area contributed by atoms with E-state index in [1.165, 1.54) is 5.75 Å². The molecule has 1 heterocycles. The van der Waals surface area contributed by atoms with Crippen molar-refractivity contribution in [2.24, 2.45) is 0 Å². The Kier molecular flexibility index (Phi) is 2.35. The number of rotatable bonds is 0. The molecule has 2 atom stereocenters. The predicted octanol–water partition coefficient (Wildman–Crippen LogP) is 1.56. The van der Waals surface area contributed by atoms with E-state index in [0.29, 0.717) is 5.25 Å². The lowest BCUT2D eigenvalue weighted by atomic mass is 10.5. The van der Waals surface area contributed by atoms with Crippen molar-refractivity contribution in [2.75, 3.05) is 11.5 Å². The van der Waals surface area contributed by atoms with Gasteiger partial charge in [-0.2, -0.15) is 11.8 Å². The molecule has 0 aliphatic carbocycles. The second-order valence-electron chi connectivity index (χ2n) is 2.62. The largest absolute Gasteiger partial charge is 0.379 e. The molecular weight excluding hydrogens is 152 g/mol. The molecule has 0 aromatic heterocycles. The maximum Gasteiger partial charge on any atom is 0.116 e. The van der Waals surface area contributed by atoms with E-state index < -0.39 is 4.93 Å². The number of hydrogen-bond donors (Lipinski definition) is 1. The van der Waals surface area contributed by atoms with E-state index in [4.69, 9.17) is 0 Å². The molecule has 0 aromatic carbocycles. The highest BCUT2D eigenvalue weighted by atomic mass is 32.2. The van der Waals surface area contributed by atoms with Gasteiger partial charge in [-0.15, -0.1) is 11.8 Å². The van der Waals surface area contributed by atoms with Crippen LogP contribution in [0.3, 0.4) is 0 Å². The van der Waals surface area contributed by atoms with Crippen LogP contribution in [-0.4, -0.2) is 26.8 Å². The van der Waals surface area contributed by atoms with E-state index in [9.17, 15) is 5.11 Å². The first kappa shape index (κ1) is 7.76. The summed E-state index contributed by atoms with van der Waals surface area (Å²) < 4.78 is 0. The minimum Gasteiger partial charge on any atom is -0.379 e. The summed E-state index contributed by atoms with van der Waals surface area (Å²) in [4.78, 5) is -0.470. The average molecular weight is 164 g/mol. The summed E-state index contributed by atoms with van der Waals surface area (Å²) in [6.45, 7) is 4.05. The van der Waals surface area contributed by atoms with E-state index >= 15 is 0 Å². The Morgan fingerprint density at radius 1 is 1.67 bits per heavy atom. The molecule has 1 fully saturated rings. The van der Waals surface area contributed by atoms with Crippen molar-refractivity contribution >= 4 is 23.5 Å². The molecule has 1 N–H and O–H groups in total. The molecule has 1 aliphatic heterocycles. The topological polar surface area (TPSA) is 20.2 Å². The van der Waals surface area contributed by atoms with Crippen LogP contribution in [0.5, 0.6) is 0 Å². The summed E-state index contributed by atoms with van der Waals surface area (Å²) in [6, 6.07) is 0. The minimum absolute atomic E-state index is 0.470. The fourth-order valence-electron chi connectivity index (χ4n) is 0.916. The molecule has 9 heavy (non-hydrogen) atoms. The van der Waals surface area contributed by atoms with Crippen LogP contribution in [0.2, 0.25) is 0 Å². The zero-order valence-electron chi connectivity index (χ0n) is 5.76. The van der Waals surface area contributed by atoms with Gasteiger partial charge in [0.15, 0.2) is 0 Å². The van der Waals surface area contributed by atoms with Gasteiger partial charge >= 0.3 is 0 Å². The maximum absolute atomic E-state index is 9.49. The normalized spacial score (nSPS) is 45.0. The number of aliphatic hydroxyl groups is 1. The molecule has 0 saturated carbocycles. The van der Waals surface area contributed by atoms with Gasteiger partial charge < -0.3 is 5.11 Å². The first-order valence-corrected chi connectivity index (χ1v) is 5.11. The van der Waals surface area contributed by atoms with Gasteiger partial charge in [0, 0.05) is 16.8 Å². The van der Waals surface area contributed by atoms with E-state index in [0.717, 1.165) is 5.75 Å². The Bertz CT molecular complexity index is 103. The fraction of sp³-hybridized carbons (Fsp3) is 1.00. The highest BCUT2D eigenvalue weighted by Gasteiger charge is 2.28. The van der Waals surface area contributed by atoms with Gasteiger partial charge in [0.2, 0.25) is 0 Å². The van der Waals surface area contributed by atoms with E-state index in [2.05, 4.69) is 6.92 Å². The van der Waals surface area contributed by atoms with Crippen LogP contribution in [0.1, 0.15) is 13.8 Å². The predicted molar refractivity (Wildman–Crippen MR) is 45.0 cm³/mol. The monoisotopic (exact) mass is 164 g/mol. The standard InChI is InChI=1S/C6H12OS2/c1-5-3-8-4-6(2,7)9-5/h5,7H,3-4H2,1-2H3. The van der Waals surface area contributed by atoms with Crippen molar-refractivity contribution < 1.29 is 5.11 Å². The summed E-state index contributed by atoms with van der Waals surface area (Å²) in [5.74, 6) is 2.06. The van der Waals surface area contributed by atoms with Gasteiger partial charge in [-0.05, 0) is 6.92 Å². The average Bonchev–Trinajstić information content (AvgIpc) is 1.60. The molecule has 1 nitrogen and oxygen atoms in total. The highest BCUT2D eigenvalue weighted by Crippen LogP contribution is 2.36. The summed E-state index contributed by atoms with van der Waals surface area (Å²) in [6.07, 6.45) is 0. The van der Waals surface area contributed by atoms with Gasteiger partial charge in [0.25, 0.3) is 0 Å². The second-order valence-corrected chi connectivity index (χ2v) is 5.57. The SMILES string of the molecule is CC1CSCC(C)(O)S1. The Morgan fingerprint density at radius 3 is 2.67 bits per heavy atom. The van der Waals surface area contributed by atoms with E-state index in [-0.39, 0.29) is 0 Å². The molecule has 0 spiro atoms. The van der Waals surface area contributed by atoms with Crippen LogP contribution in [0.25, 0.3) is 0 Å². The summed E-state index contributed by atoms with van der Waals surface area (Å²) in [5.41, 5.74) is 0. The molecule has 0 bridgehead atoms. The summed E-state index contributed by atoms with van der Waals surface area (Å²) in [7, 11) is 0. The zero-order valence-corrected chi connectivity index (χ0v) is 7.39. The van der Waals surface area contributed by atoms with Crippen molar-refractivity contribution in [1.29, 1.82) is 0 Å². The molecule has 3 heteroatoms. The van der Waals surface area contributed by atoms with Gasteiger partial charge in [-0.3, -0.25) is 0 Å². The van der Waals surface area contributed by atoms with Crippen molar-refractivity contribution in [3.8, 4) is 0 Å². The van der Waals surface area contributed by atoms with Gasteiger partial charge in [-0.1, -0.05) is 6.92 Å². The van der Waals surface area contributed by atoms with Crippen molar-refractivity contribution in [1.82, 2.24) is 0 Å². The Morgan fingerprint density at radius 2 is 2.33 bits per heavy atom. The minimum atomic E-state index is -0.470. The van der Waals surface area contributed by atoms with E-state index in [1.807, 2.05) is 18.7 Å². The smallest absolute Gasteiger partial charge is 0.116 e. The maximum atomic E-state index is 9.49. The van der Waals surface area contributed by atoms with Crippen LogP contribution in [0.15, 0.2) is 0 Å². The summed E-state index contributed by atoms with van der Waals surface area (Å²) >= 11 is 3.52. The van der Waals surface area contributed by atoms with Crippen molar-refractivity contribution in [2.45, 2.75) is 24.0 Å². The molecule has 0 amide bonds. The Labute approximate surface area is 64.6 Å². The number of thioether (sulfide) groups is 2. The first-order chi connectivity index (χ1) is 4.10. The molecule has 0 radical (unpaired) electrons. The molecule has 0 aromatic rings. The van der Waals surface area contributed by atoms with Crippen LogP contribution >= 0.6 is 23.5 Å². The molecule has 2 unspecified atom stereocenters. The second kappa shape index (κ2) is 2.72.